The topological polar surface area (TPSA) is 84.9 Å². The van der Waals surface area contributed by atoms with E-state index >= 15 is 0 Å². The minimum absolute atomic E-state index is 0.00708. The van der Waals surface area contributed by atoms with Gasteiger partial charge >= 0.3 is 5.97 Å². The van der Waals surface area contributed by atoms with Gasteiger partial charge in [0.2, 0.25) is 0 Å². The zero-order chi connectivity index (χ0) is 30.6. The highest BCUT2D eigenvalue weighted by atomic mass is 35.5. The lowest BCUT2D eigenvalue weighted by Gasteiger charge is -2.27. The summed E-state index contributed by atoms with van der Waals surface area (Å²) in [6.45, 7) is 0.560. The number of anilines is 2. The van der Waals surface area contributed by atoms with Crippen molar-refractivity contribution in [3.05, 3.63) is 99.8 Å². The summed E-state index contributed by atoms with van der Waals surface area (Å²) in [6, 6.07) is 16.5. The molecule has 43 heavy (non-hydrogen) atoms. The van der Waals surface area contributed by atoms with Gasteiger partial charge in [-0.2, -0.15) is 0 Å². The average molecular weight is 605 g/mol. The summed E-state index contributed by atoms with van der Waals surface area (Å²) in [5.74, 6) is -1.25. The number of halogens is 2. The van der Waals surface area contributed by atoms with Gasteiger partial charge < -0.3 is 19.7 Å². The fourth-order valence-corrected chi connectivity index (χ4v) is 6.36. The second-order valence-electron chi connectivity index (χ2n) is 11.2. The van der Waals surface area contributed by atoms with Gasteiger partial charge in [-0.1, -0.05) is 41.4 Å². The molecular formula is C34H34ClFN2O5. The first-order valence-electron chi connectivity index (χ1n) is 14.3. The standard InChI is InChI=1S/C34H34ClFN2O5/c1-42-30-18-23(10-13-28(30)37-32(40)26-19-25(36)11-12-27(26)35)33(41)38-17-16-34(21-24-7-3-4-8-29(24)38)15-14-22(20-34)6-5-9-31(39)43-2/h3-4,6-8,10-13,18-19H,5,9,14-17,20-21H2,1-2H3,(H,37,40)/b22-6+/t34-/m1/s1. The normalized spacial score (nSPS) is 18.7. The molecule has 2 amide bonds. The Balaban J connectivity index is 1.35. The van der Waals surface area contributed by atoms with Crippen molar-refractivity contribution in [2.24, 2.45) is 5.41 Å². The number of carbonyl (C=O) groups is 3. The van der Waals surface area contributed by atoms with Gasteiger partial charge in [0.15, 0.2) is 0 Å². The predicted molar refractivity (Wildman–Crippen MR) is 164 cm³/mol. The Morgan fingerprint density at radius 1 is 1.05 bits per heavy atom. The number of para-hydroxylation sites is 1. The van der Waals surface area contributed by atoms with E-state index in [9.17, 15) is 18.8 Å². The first-order chi connectivity index (χ1) is 20.7. The number of benzene rings is 3. The number of amides is 2. The third-order valence-corrected chi connectivity index (χ3v) is 8.75. The van der Waals surface area contributed by atoms with Crippen LogP contribution in [0.15, 0.2) is 72.3 Å². The van der Waals surface area contributed by atoms with Crippen molar-refractivity contribution >= 4 is 40.8 Å². The number of carbonyl (C=O) groups excluding carboxylic acids is 3. The number of esters is 1. The highest BCUT2D eigenvalue weighted by Crippen LogP contribution is 2.49. The average Bonchev–Trinajstić information content (AvgIpc) is 3.32. The van der Waals surface area contributed by atoms with E-state index in [4.69, 9.17) is 21.1 Å². The molecule has 1 heterocycles. The second kappa shape index (κ2) is 13.0. The number of methoxy groups -OCH3 is 2. The second-order valence-corrected chi connectivity index (χ2v) is 11.6. The number of hydrogen-bond acceptors (Lipinski definition) is 5. The molecule has 5 rings (SSSR count). The Hall–Kier alpha value is -4.17. The Kier molecular flexibility index (Phi) is 9.16. The molecule has 1 aliphatic heterocycles. The molecule has 1 atom stereocenters. The van der Waals surface area contributed by atoms with Crippen molar-refractivity contribution in [2.75, 3.05) is 31.0 Å². The van der Waals surface area contributed by atoms with Crippen molar-refractivity contribution < 1.29 is 28.2 Å². The highest BCUT2D eigenvalue weighted by Gasteiger charge is 2.40. The molecule has 0 unspecified atom stereocenters. The predicted octanol–water partition coefficient (Wildman–Crippen LogP) is 7.38. The molecule has 1 aliphatic carbocycles. The maximum Gasteiger partial charge on any atom is 0.305 e. The van der Waals surface area contributed by atoms with Gasteiger partial charge in [-0.05, 0) is 92.0 Å². The number of nitrogens with zero attached hydrogens (tertiary/aromatic N) is 1. The Morgan fingerprint density at radius 2 is 1.86 bits per heavy atom. The van der Waals surface area contributed by atoms with Gasteiger partial charge in [-0.3, -0.25) is 14.4 Å². The van der Waals surface area contributed by atoms with E-state index in [1.807, 2.05) is 23.1 Å². The van der Waals surface area contributed by atoms with E-state index in [-0.39, 0.29) is 27.9 Å². The molecule has 1 fully saturated rings. The summed E-state index contributed by atoms with van der Waals surface area (Å²) in [5, 5.41) is 2.83. The third-order valence-electron chi connectivity index (χ3n) is 8.42. The van der Waals surface area contributed by atoms with E-state index < -0.39 is 11.7 Å². The van der Waals surface area contributed by atoms with E-state index in [1.54, 1.807) is 18.2 Å². The molecule has 7 nitrogen and oxygen atoms in total. The number of fused-ring (bicyclic) bond motifs is 1. The zero-order valence-corrected chi connectivity index (χ0v) is 25.0. The van der Waals surface area contributed by atoms with Crippen LogP contribution in [0.25, 0.3) is 0 Å². The van der Waals surface area contributed by atoms with Crippen LogP contribution >= 0.6 is 11.6 Å². The highest BCUT2D eigenvalue weighted by molar-refractivity contribution is 6.34. The van der Waals surface area contributed by atoms with Crippen LogP contribution in [0.5, 0.6) is 5.75 Å². The van der Waals surface area contributed by atoms with Gasteiger partial charge in [0, 0.05) is 24.2 Å². The van der Waals surface area contributed by atoms with Crippen LogP contribution in [-0.4, -0.2) is 38.5 Å². The monoisotopic (exact) mass is 604 g/mol. The van der Waals surface area contributed by atoms with Crippen molar-refractivity contribution in [3.8, 4) is 5.75 Å². The molecule has 2 aliphatic rings. The minimum Gasteiger partial charge on any atom is -0.495 e. The maximum absolute atomic E-state index is 14.0. The molecule has 9 heteroatoms. The maximum atomic E-state index is 14.0. The third kappa shape index (κ3) is 6.75. The number of ether oxygens (including phenoxy) is 2. The quantitative estimate of drug-likeness (QED) is 0.225. The zero-order valence-electron chi connectivity index (χ0n) is 24.3. The fraction of sp³-hybridized carbons (Fsp3) is 0.324. The van der Waals surface area contributed by atoms with Crippen molar-refractivity contribution in [1.29, 1.82) is 0 Å². The van der Waals surface area contributed by atoms with Crippen molar-refractivity contribution in [3.63, 3.8) is 0 Å². The lowest BCUT2D eigenvalue weighted by Crippen LogP contribution is -2.33. The van der Waals surface area contributed by atoms with E-state index in [0.29, 0.717) is 36.4 Å². The molecule has 3 aromatic carbocycles. The summed E-state index contributed by atoms with van der Waals surface area (Å²) in [6.07, 6.45) is 7.92. The van der Waals surface area contributed by atoms with Crippen molar-refractivity contribution in [1.82, 2.24) is 0 Å². The largest absolute Gasteiger partial charge is 0.495 e. The van der Waals surface area contributed by atoms with Gasteiger partial charge in [0.05, 0.1) is 30.5 Å². The fourth-order valence-electron chi connectivity index (χ4n) is 6.16. The van der Waals surface area contributed by atoms with Gasteiger partial charge in [0.25, 0.3) is 11.8 Å². The van der Waals surface area contributed by atoms with Gasteiger partial charge in [0.1, 0.15) is 11.6 Å². The van der Waals surface area contributed by atoms with E-state index in [0.717, 1.165) is 49.4 Å². The van der Waals surface area contributed by atoms with Crippen LogP contribution in [0.2, 0.25) is 5.02 Å². The van der Waals surface area contributed by atoms with Crippen LogP contribution in [0.4, 0.5) is 15.8 Å². The first kappa shape index (κ1) is 30.3. The molecule has 224 valence electrons. The molecule has 1 saturated carbocycles. The summed E-state index contributed by atoms with van der Waals surface area (Å²) in [4.78, 5) is 40.2. The van der Waals surface area contributed by atoms with Crippen LogP contribution in [-0.2, 0) is 16.0 Å². The Morgan fingerprint density at radius 3 is 2.65 bits per heavy atom. The smallest absolute Gasteiger partial charge is 0.305 e. The molecule has 0 bridgehead atoms. The van der Waals surface area contributed by atoms with Gasteiger partial charge in [-0.15, -0.1) is 0 Å². The van der Waals surface area contributed by atoms with Crippen molar-refractivity contribution in [2.45, 2.75) is 44.9 Å². The van der Waals surface area contributed by atoms with Gasteiger partial charge in [-0.25, -0.2) is 4.39 Å². The van der Waals surface area contributed by atoms with Crippen LogP contribution in [0.3, 0.4) is 0 Å². The van der Waals surface area contributed by atoms with Crippen LogP contribution < -0.4 is 15.0 Å². The summed E-state index contributed by atoms with van der Waals surface area (Å²) in [7, 11) is 2.86. The Labute approximate surface area is 255 Å². The number of hydrogen-bond donors (Lipinski definition) is 1. The lowest BCUT2D eigenvalue weighted by atomic mass is 9.77. The lowest BCUT2D eigenvalue weighted by molar-refractivity contribution is -0.140. The molecule has 1 N–H and O–H groups in total. The molecule has 3 aromatic rings. The van der Waals surface area contributed by atoms with E-state index in [1.165, 1.54) is 31.9 Å². The SMILES string of the molecule is COC(=O)CC/C=C1\CC[C@@]2(CCN(C(=O)c3ccc(NC(=O)c4cc(F)ccc4Cl)c(OC)c3)c3ccccc3C2)C1. The number of rotatable bonds is 7. The van der Waals surface area contributed by atoms with E-state index in [2.05, 4.69) is 17.5 Å². The molecule has 0 saturated heterocycles. The summed E-state index contributed by atoms with van der Waals surface area (Å²) >= 11 is 6.10. The molecule has 0 radical (unpaired) electrons. The first-order valence-corrected chi connectivity index (χ1v) is 14.7. The number of allylic oxidation sites excluding steroid dienone is 2. The number of nitrogens with one attached hydrogen (secondary N) is 1. The van der Waals surface area contributed by atoms with Crippen LogP contribution in [0, 0.1) is 11.2 Å². The summed E-state index contributed by atoms with van der Waals surface area (Å²) in [5.41, 5.74) is 4.18. The summed E-state index contributed by atoms with van der Waals surface area (Å²) < 4.78 is 24.0. The Bertz CT molecular complexity index is 1590. The minimum atomic E-state index is -0.594. The molecule has 1 spiro atoms. The molecular weight excluding hydrogens is 571 g/mol. The van der Waals surface area contributed by atoms with Crippen LogP contribution in [0.1, 0.15) is 64.8 Å². The molecule has 0 aromatic heterocycles.